The molecule has 0 unspecified atom stereocenters. The van der Waals surface area contributed by atoms with Crippen molar-refractivity contribution in [1.29, 1.82) is 0 Å². The van der Waals surface area contributed by atoms with E-state index >= 15 is 0 Å². The van der Waals surface area contributed by atoms with Crippen LogP contribution in [0.25, 0.3) is 22.4 Å². The van der Waals surface area contributed by atoms with E-state index in [1.807, 2.05) is 31.6 Å². The monoisotopic (exact) mass is 493 g/mol. The van der Waals surface area contributed by atoms with Crippen molar-refractivity contribution in [3.8, 4) is 11.3 Å². The molecular formula is C25H25ClFN7O. The molecule has 4 aromatic rings. The molecule has 2 fully saturated rings. The molecule has 1 saturated carbocycles. The Morgan fingerprint density at radius 3 is 2.63 bits per heavy atom. The Labute approximate surface area is 207 Å². The molecule has 35 heavy (non-hydrogen) atoms. The van der Waals surface area contributed by atoms with E-state index in [1.54, 1.807) is 12.1 Å². The summed E-state index contributed by atoms with van der Waals surface area (Å²) in [5.41, 5.74) is 4.14. The molecule has 3 aromatic heterocycles. The standard InChI is InChI=1S/C25H25ClFN7O/c1-13-10-33(12-21(35-13)16-9-28-34(11-16)18-5-6-18)25-31-22(19-7-4-17(26)8-20(19)27)23-24(32-25)30-15(3)14(2)29-23/h4,7-9,11,13,18,21H,5-6,10,12H2,1-3H3/t13-,21+/m0/s1. The zero-order valence-corrected chi connectivity index (χ0v) is 20.5. The van der Waals surface area contributed by atoms with E-state index in [4.69, 9.17) is 26.3 Å². The SMILES string of the molecule is Cc1nc2nc(N3C[C@H](C)O[C@@H](c4cnn(C5CC5)c4)C3)nc(-c3ccc(Cl)cc3F)c2nc1C. The molecule has 1 saturated heterocycles. The van der Waals surface area contributed by atoms with Crippen molar-refractivity contribution in [3.05, 3.63) is 58.4 Å². The van der Waals surface area contributed by atoms with Crippen molar-refractivity contribution in [1.82, 2.24) is 29.7 Å². The minimum absolute atomic E-state index is 0.0566. The predicted molar refractivity (Wildman–Crippen MR) is 131 cm³/mol. The Morgan fingerprint density at radius 2 is 1.86 bits per heavy atom. The molecule has 180 valence electrons. The molecule has 0 amide bonds. The second-order valence-electron chi connectivity index (χ2n) is 9.39. The van der Waals surface area contributed by atoms with Crippen LogP contribution in [-0.4, -0.2) is 48.9 Å². The number of morpholine rings is 1. The van der Waals surface area contributed by atoms with Crippen molar-refractivity contribution >= 4 is 28.7 Å². The van der Waals surface area contributed by atoms with E-state index in [1.165, 1.54) is 18.9 Å². The fraction of sp³-hybridized carbons (Fsp3) is 0.400. The lowest BCUT2D eigenvalue weighted by Crippen LogP contribution is -2.43. The number of nitrogens with zero attached hydrogens (tertiary/aromatic N) is 7. The van der Waals surface area contributed by atoms with Gasteiger partial charge >= 0.3 is 0 Å². The Kier molecular flexibility index (Phi) is 5.41. The van der Waals surface area contributed by atoms with Gasteiger partial charge in [0.05, 0.1) is 36.3 Å². The van der Waals surface area contributed by atoms with Gasteiger partial charge in [-0.25, -0.2) is 19.3 Å². The average molecular weight is 494 g/mol. The quantitative estimate of drug-likeness (QED) is 0.396. The van der Waals surface area contributed by atoms with E-state index in [0.29, 0.717) is 52.5 Å². The van der Waals surface area contributed by atoms with Gasteiger partial charge in [0.1, 0.15) is 23.1 Å². The van der Waals surface area contributed by atoms with Gasteiger partial charge in [-0.3, -0.25) is 4.68 Å². The van der Waals surface area contributed by atoms with Gasteiger partial charge in [-0.05, 0) is 51.8 Å². The molecular weight excluding hydrogens is 469 g/mol. The van der Waals surface area contributed by atoms with Gasteiger partial charge in [-0.1, -0.05) is 11.6 Å². The predicted octanol–water partition coefficient (Wildman–Crippen LogP) is 4.99. The first kappa shape index (κ1) is 22.3. The van der Waals surface area contributed by atoms with Crippen LogP contribution in [0.2, 0.25) is 5.02 Å². The van der Waals surface area contributed by atoms with Crippen molar-refractivity contribution in [2.75, 3.05) is 18.0 Å². The highest BCUT2D eigenvalue weighted by molar-refractivity contribution is 6.30. The molecule has 8 nitrogen and oxygen atoms in total. The van der Waals surface area contributed by atoms with Crippen molar-refractivity contribution in [2.45, 2.75) is 51.9 Å². The first-order valence-electron chi connectivity index (χ1n) is 11.8. The number of benzene rings is 1. The smallest absolute Gasteiger partial charge is 0.228 e. The summed E-state index contributed by atoms with van der Waals surface area (Å²) < 4.78 is 23.3. The lowest BCUT2D eigenvalue weighted by Gasteiger charge is -2.36. The average Bonchev–Trinajstić information content (AvgIpc) is 3.55. The third kappa shape index (κ3) is 4.23. The number of aryl methyl sites for hydroxylation is 2. The van der Waals surface area contributed by atoms with Gasteiger partial charge in [0.2, 0.25) is 5.95 Å². The summed E-state index contributed by atoms with van der Waals surface area (Å²) >= 11 is 6.01. The molecule has 0 radical (unpaired) electrons. The number of ether oxygens (including phenoxy) is 1. The molecule has 1 aliphatic heterocycles. The number of hydrogen-bond donors (Lipinski definition) is 0. The lowest BCUT2D eigenvalue weighted by molar-refractivity contribution is -0.0178. The molecule has 2 aliphatic rings. The Balaban J connectivity index is 1.43. The van der Waals surface area contributed by atoms with Crippen LogP contribution in [-0.2, 0) is 4.74 Å². The van der Waals surface area contributed by atoms with Crippen molar-refractivity contribution in [2.24, 2.45) is 0 Å². The molecule has 10 heteroatoms. The normalized spacial score (nSPS) is 20.5. The number of halogens is 2. The topological polar surface area (TPSA) is 81.9 Å². The van der Waals surface area contributed by atoms with Crippen LogP contribution >= 0.6 is 11.6 Å². The van der Waals surface area contributed by atoms with Crippen LogP contribution < -0.4 is 4.90 Å². The fourth-order valence-corrected chi connectivity index (χ4v) is 4.63. The van der Waals surface area contributed by atoms with Gasteiger partial charge in [-0.2, -0.15) is 10.1 Å². The fourth-order valence-electron chi connectivity index (χ4n) is 4.47. The third-order valence-corrected chi connectivity index (χ3v) is 6.81. The van der Waals surface area contributed by atoms with Crippen LogP contribution in [0, 0.1) is 19.7 Å². The van der Waals surface area contributed by atoms with Crippen LogP contribution in [0.15, 0.2) is 30.6 Å². The summed E-state index contributed by atoms with van der Waals surface area (Å²) in [6, 6.07) is 5.05. The van der Waals surface area contributed by atoms with Gasteiger partial charge in [0.15, 0.2) is 5.65 Å². The maximum Gasteiger partial charge on any atom is 0.228 e. The summed E-state index contributed by atoms with van der Waals surface area (Å²) in [6.45, 7) is 6.93. The Bertz CT molecular complexity index is 1440. The molecule has 1 aliphatic carbocycles. The van der Waals surface area contributed by atoms with E-state index in [9.17, 15) is 4.39 Å². The zero-order valence-electron chi connectivity index (χ0n) is 19.7. The number of anilines is 1. The van der Waals surface area contributed by atoms with Crippen LogP contribution in [0.5, 0.6) is 0 Å². The van der Waals surface area contributed by atoms with Crippen LogP contribution in [0.1, 0.15) is 48.9 Å². The number of aromatic nitrogens is 6. The Morgan fingerprint density at radius 1 is 1.06 bits per heavy atom. The highest BCUT2D eigenvalue weighted by Gasteiger charge is 2.32. The van der Waals surface area contributed by atoms with Gasteiger partial charge in [-0.15, -0.1) is 0 Å². The third-order valence-electron chi connectivity index (χ3n) is 6.57. The number of fused-ring (bicyclic) bond motifs is 1. The largest absolute Gasteiger partial charge is 0.367 e. The minimum Gasteiger partial charge on any atom is -0.367 e. The lowest BCUT2D eigenvalue weighted by atomic mass is 10.1. The van der Waals surface area contributed by atoms with E-state index < -0.39 is 5.82 Å². The van der Waals surface area contributed by atoms with Crippen molar-refractivity contribution in [3.63, 3.8) is 0 Å². The molecule has 1 aromatic carbocycles. The Hall–Kier alpha value is -3.17. The molecule has 0 spiro atoms. The number of rotatable bonds is 4. The van der Waals surface area contributed by atoms with Gasteiger partial charge in [0.25, 0.3) is 0 Å². The summed E-state index contributed by atoms with van der Waals surface area (Å²) in [4.78, 5) is 21.0. The summed E-state index contributed by atoms with van der Waals surface area (Å²) in [6.07, 6.45) is 6.07. The molecule has 4 heterocycles. The summed E-state index contributed by atoms with van der Waals surface area (Å²) in [5, 5.41) is 4.84. The highest BCUT2D eigenvalue weighted by Crippen LogP contribution is 2.36. The van der Waals surface area contributed by atoms with E-state index in [2.05, 4.69) is 26.2 Å². The second kappa shape index (κ2) is 8.49. The molecule has 0 bridgehead atoms. The number of hydrogen-bond acceptors (Lipinski definition) is 7. The zero-order chi connectivity index (χ0) is 24.3. The van der Waals surface area contributed by atoms with Crippen molar-refractivity contribution < 1.29 is 9.13 Å². The van der Waals surface area contributed by atoms with E-state index in [-0.39, 0.29) is 12.2 Å². The summed E-state index contributed by atoms with van der Waals surface area (Å²) in [5.74, 6) is -0.00155. The second-order valence-corrected chi connectivity index (χ2v) is 9.82. The first-order chi connectivity index (χ1) is 16.9. The molecule has 2 atom stereocenters. The van der Waals surface area contributed by atoms with Gasteiger partial charge < -0.3 is 9.64 Å². The summed E-state index contributed by atoms with van der Waals surface area (Å²) in [7, 11) is 0. The minimum atomic E-state index is -0.468. The van der Waals surface area contributed by atoms with E-state index in [0.717, 1.165) is 17.0 Å². The molecule has 0 N–H and O–H groups in total. The maximum absolute atomic E-state index is 15.0. The first-order valence-corrected chi connectivity index (χ1v) is 12.2. The highest BCUT2D eigenvalue weighted by atomic mass is 35.5. The van der Waals surface area contributed by atoms with Gasteiger partial charge in [0, 0.05) is 28.9 Å². The van der Waals surface area contributed by atoms with Crippen LogP contribution in [0.3, 0.4) is 0 Å². The maximum atomic E-state index is 15.0. The van der Waals surface area contributed by atoms with Crippen LogP contribution in [0.4, 0.5) is 10.3 Å². The molecule has 6 rings (SSSR count).